The average Bonchev–Trinajstić information content (AvgIpc) is 2.80. The Labute approximate surface area is 187 Å². The lowest BCUT2D eigenvalue weighted by Gasteiger charge is -2.46. The largest absolute Gasteiger partial charge is 0.394 e. The molecule has 194 valence electrons. The Balaban J connectivity index is 1.66. The fourth-order valence-electron chi connectivity index (χ4n) is 4.02. The molecule has 15 heteroatoms. The van der Waals surface area contributed by atoms with Crippen LogP contribution in [0.4, 0.5) is 0 Å². The molecule has 33 heavy (non-hydrogen) atoms. The molecule has 3 saturated heterocycles. The Bertz CT molecular complexity index is 607. The van der Waals surface area contributed by atoms with Crippen LogP contribution in [0.5, 0.6) is 0 Å². The molecule has 3 heterocycles. The second-order valence-corrected chi connectivity index (χ2v) is 8.23. The summed E-state index contributed by atoms with van der Waals surface area (Å²) in [5, 5.41) is 98.4. The van der Waals surface area contributed by atoms with Crippen LogP contribution >= 0.6 is 0 Å². The summed E-state index contributed by atoms with van der Waals surface area (Å²) in [5.74, 6) is 0. The number of hydrogen-bond donors (Lipinski definition) is 10. The van der Waals surface area contributed by atoms with Crippen molar-refractivity contribution in [2.45, 2.75) is 92.4 Å². The van der Waals surface area contributed by atoms with E-state index in [2.05, 4.69) is 0 Å². The van der Waals surface area contributed by atoms with Gasteiger partial charge in [-0.05, 0) is 0 Å². The summed E-state index contributed by atoms with van der Waals surface area (Å²) >= 11 is 0. The summed E-state index contributed by atoms with van der Waals surface area (Å²) in [6.07, 6.45) is -21.0. The molecule has 14 atom stereocenters. The van der Waals surface area contributed by atoms with Gasteiger partial charge in [-0.2, -0.15) is 0 Å². The average molecular weight is 488 g/mol. The minimum Gasteiger partial charge on any atom is -0.394 e. The van der Waals surface area contributed by atoms with Crippen molar-refractivity contribution in [3.63, 3.8) is 0 Å². The second-order valence-electron chi connectivity index (χ2n) is 8.23. The van der Waals surface area contributed by atoms with E-state index in [1.54, 1.807) is 0 Å². The van der Waals surface area contributed by atoms with Gasteiger partial charge in [0.15, 0.2) is 18.9 Å². The molecule has 0 bridgehead atoms. The predicted octanol–water partition coefficient (Wildman–Crippen LogP) is -6.54. The van der Waals surface area contributed by atoms with Gasteiger partial charge in [0, 0.05) is 6.42 Å². The molecule has 3 rings (SSSR count). The smallest absolute Gasteiger partial charge is 0.187 e. The minimum atomic E-state index is -1.77. The topological polar surface area (TPSA) is 248 Å². The van der Waals surface area contributed by atoms with Gasteiger partial charge in [-0.15, -0.1) is 0 Å². The summed E-state index contributed by atoms with van der Waals surface area (Å²) < 4.78 is 26.8. The van der Waals surface area contributed by atoms with Gasteiger partial charge < -0.3 is 74.7 Å². The van der Waals surface area contributed by atoms with Crippen LogP contribution in [-0.4, -0.2) is 157 Å². The first-order valence-corrected chi connectivity index (χ1v) is 10.5. The summed E-state index contributed by atoms with van der Waals surface area (Å²) in [6, 6.07) is 0. The first kappa shape index (κ1) is 27.0. The lowest BCUT2D eigenvalue weighted by atomic mass is 9.97. The maximum atomic E-state index is 10.5. The molecule has 0 radical (unpaired) electrons. The van der Waals surface area contributed by atoms with Gasteiger partial charge in [0.05, 0.1) is 25.9 Å². The Morgan fingerprint density at radius 1 is 0.576 bits per heavy atom. The van der Waals surface area contributed by atoms with Gasteiger partial charge in [0.25, 0.3) is 0 Å². The van der Waals surface area contributed by atoms with E-state index in [1.807, 2.05) is 0 Å². The van der Waals surface area contributed by atoms with Crippen molar-refractivity contribution in [2.75, 3.05) is 19.8 Å². The molecule has 3 aliphatic rings. The van der Waals surface area contributed by atoms with E-state index in [-0.39, 0.29) is 6.42 Å². The molecule has 3 aliphatic heterocycles. The van der Waals surface area contributed by atoms with Crippen LogP contribution in [-0.2, 0) is 23.7 Å². The Kier molecular flexibility index (Phi) is 9.35. The lowest BCUT2D eigenvalue weighted by Crippen LogP contribution is -2.63. The number of hydrogen-bond acceptors (Lipinski definition) is 15. The van der Waals surface area contributed by atoms with Crippen molar-refractivity contribution < 1.29 is 74.7 Å². The van der Waals surface area contributed by atoms with Gasteiger partial charge in [-0.25, -0.2) is 0 Å². The fraction of sp³-hybridized carbons (Fsp3) is 1.00. The van der Waals surface area contributed by atoms with E-state index in [4.69, 9.17) is 23.7 Å². The molecule has 0 saturated carbocycles. The summed E-state index contributed by atoms with van der Waals surface area (Å²) in [6.45, 7) is -2.02. The number of aliphatic hydroxyl groups is 10. The fourth-order valence-corrected chi connectivity index (χ4v) is 4.02. The molecule has 0 aromatic heterocycles. The molecule has 15 nitrogen and oxygen atoms in total. The highest BCUT2D eigenvalue weighted by Gasteiger charge is 2.50. The van der Waals surface area contributed by atoms with Crippen LogP contribution in [0, 0.1) is 0 Å². The highest BCUT2D eigenvalue weighted by Crippen LogP contribution is 2.31. The van der Waals surface area contributed by atoms with E-state index in [1.165, 1.54) is 0 Å². The van der Waals surface area contributed by atoms with Gasteiger partial charge in [0.2, 0.25) is 0 Å². The van der Waals surface area contributed by atoms with Crippen LogP contribution in [0.2, 0.25) is 0 Å². The Morgan fingerprint density at radius 2 is 1.18 bits per heavy atom. The maximum absolute atomic E-state index is 10.5. The van der Waals surface area contributed by atoms with E-state index in [0.29, 0.717) is 0 Å². The molecular formula is C18H32O15. The Morgan fingerprint density at radius 3 is 1.79 bits per heavy atom. The summed E-state index contributed by atoms with van der Waals surface area (Å²) in [5.41, 5.74) is 0. The zero-order valence-electron chi connectivity index (χ0n) is 17.4. The highest BCUT2D eigenvalue weighted by molar-refractivity contribution is 4.93. The van der Waals surface area contributed by atoms with Crippen LogP contribution < -0.4 is 0 Å². The molecule has 0 unspecified atom stereocenters. The van der Waals surface area contributed by atoms with Crippen molar-refractivity contribution in [1.29, 1.82) is 0 Å². The molecule has 0 aliphatic carbocycles. The molecule has 0 aromatic rings. The SMILES string of the molecule is OC[C@H]1O[C@H](O[C@@H]2C[C@@H](O)[C@H](O[C@H]3[C@H](O)[C@@H](O)[C@H](O)O[C@@H]3CO)O[C@@H]2CO)[C@H](O)[C@@H](O)[C@H]1O. The first-order valence-electron chi connectivity index (χ1n) is 10.5. The molecule has 0 amide bonds. The monoisotopic (exact) mass is 488 g/mol. The first-order chi connectivity index (χ1) is 15.6. The second kappa shape index (κ2) is 11.4. The van der Waals surface area contributed by atoms with Gasteiger partial charge in [-0.3, -0.25) is 0 Å². The third kappa shape index (κ3) is 5.64. The van der Waals surface area contributed by atoms with Gasteiger partial charge in [0.1, 0.15) is 61.0 Å². The number of aliphatic hydroxyl groups excluding tert-OH is 10. The van der Waals surface area contributed by atoms with E-state index >= 15 is 0 Å². The highest BCUT2D eigenvalue weighted by atomic mass is 16.7. The van der Waals surface area contributed by atoms with Crippen LogP contribution in [0.25, 0.3) is 0 Å². The van der Waals surface area contributed by atoms with Gasteiger partial charge in [-0.1, -0.05) is 0 Å². The quantitative estimate of drug-likeness (QED) is 0.160. The molecule has 10 N–H and O–H groups in total. The molecule has 3 fully saturated rings. The van der Waals surface area contributed by atoms with Crippen molar-refractivity contribution in [3.05, 3.63) is 0 Å². The lowest BCUT2D eigenvalue weighted by molar-refractivity contribution is -0.362. The minimum absolute atomic E-state index is 0.246. The summed E-state index contributed by atoms with van der Waals surface area (Å²) in [4.78, 5) is 0. The maximum Gasteiger partial charge on any atom is 0.187 e. The van der Waals surface area contributed by atoms with E-state index in [9.17, 15) is 51.1 Å². The number of ether oxygens (including phenoxy) is 5. The third-order valence-electron chi connectivity index (χ3n) is 5.98. The third-order valence-corrected chi connectivity index (χ3v) is 5.98. The van der Waals surface area contributed by atoms with Crippen molar-refractivity contribution in [1.82, 2.24) is 0 Å². The normalized spacial score (nSPS) is 51.5. The van der Waals surface area contributed by atoms with Crippen LogP contribution in [0.1, 0.15) is 6.42 Å². The Hall–Kier alpha value is -0.600. The zero-order chi connectivity index (χ0) is 24.4. The molecule has 0 spiro atoms. The standard InChI is InChI=1S/C18H32O15/c19-2-7-6(30-18-14(27)11(24)10(23)8(3-20)32-18)1-5(22)17(31-7)33-15-9(4-21)29-16(28)13(26)12(15)25/h5-28H,1-4H2/t5-,6-,7-,8-,9-,10+,11+,12-,13-,14-,15-,16-,17+,18+/m1/s1. The number of rotatable bonds is 7. The van der Waals surface area contributed by atoms with E-state index < -0.39 is 106 Å². The summed E-state index contributed by atoms with van der Waals surface area (Å²) in [7, 11) is 0. The van der Waals surface area contributed by atoms with Crippen LogP contribution in [0.3, 0.4) is 0 Å². The van der Waals surface area contributed by atoms with Crippen molar-refractivity contribution in [3.8, 4) is 0 Å². The predicted molar refractivity (Wildman–Crippen MR) is 99.9 cm³/mol. The molecular weight excluding hydrogens is 456 g/mol. The van der Waals surface area contributed by atoms with Crippen LogP contribution in [0.15, 0.2) is 0 Å². The van der Waals surface area contributed by atoms with Crippen molar-refractivity contribution in [2.24, 2.45) is 0 Å². The van der Waals surface area contributed by atoms with Gasteiger partial charge >= 0.3 is 0 Å². The molecule has 0 aromatic carbocycles. The van der Waals surface area contributed by atoms with E-state index in [0.717, 1.165) is 0 Å². The zero-order valence-corrected chi connectivity index (χ0v) is 17.4. The van der Waals surface area contributed by atoms with Crippen molar-refractivity contribution >= 4 is 0 Å².